The van der Waals surface area contributed by atoms with Gasteiger partial charge in [-0.25, -0.2) is 4.79 Å². The Bertz CT molecular complexity index is 505. The van der Waals surface area contributed by atoms with Crippen molar-refractivity contribution in [2.24, 2.45) is 0 Å². The molecule has 0 aromatic heterocycles. The van der Waals surface area contributed by atoms with Crippen molar-refractivity contribution in [3.8, 4) is 5.75 Å². The first kappa shape index (κ1) is 12.5. The molecule has 88 valence electrons. The van der Waals surface area contributed by atoms with E-state index in [-0.39, 0.29) is 17.9 Å². The number of hydrogen-bond acceptors (Lipinski definition) is 4. The fourth-order valence-corrected chi connectivity index (χ4v) is 1.62. The molecule has 7 heteroatoms. The van der Waals surface area contributed by atoms with Crippen molar-refractivity contribution in [1.82, 2.24) is 0 Å². The monoisotopic (exact) mass is 246 g/mol. The molecule has 0 unspecified atom stereocenters. The van der Waals surface area contributed by atoms with Gasteiger partial charge in [-0.3, -0.25) is 4.55 Å². The molecule has 16 heavy (non-hydrogen) atoms. The molecule has 0 heterocycles. The average Bonchev–Trinajstić information content (AvgIpc) is 2.16. The third-order valence-corrected chi connectivity index (χ3v) is 2.63. The first-order valence-electron chi connectivity index (χ1n) is 4.34. The number of carbonyl (C=O) groups is 1. The second-order valence-electron chi connectivity index (χ2n) is 2.87. The standard InChI is InChI=1S/C9H10O6S/c1-2-15-8-4-3-6(16(12,13)14)5-7(8)9(10)11/h3-5H,2H2,1H3,(H,10,11)(H,12,13,14). The van der Waals surface area contributed by atoms with Gasteiger partial charge < -0.3 is 9.84 Å². The van der Waals surface area contributed by atoms with Gasteiger partial charge >= 0.3 is 5.97 Å². The van der Waals surface area contributed by atoms with E-state index < -0.39 is 21.0 Å². The van der Waals surface area contributed by atoms with Crippen LogP contribution in [0, 0.1) is 0 Å². The van der Waals surface area contributed by atoms with Crippen molar-refractivity contribution in [2.75, 3.05) is 6.61 Å². The zero-order valence-corrected chi connectivity index (χ0v) is 9.19. The molecule has 0 spiro atoms. The van der Waals surface area contributed by atoms with Crippen LogP contribution in [0.15, 0.2) is 23.1 Å². The van der Waals surface area contributed by atoms with E-state index in [9.17, 15) is 13.2 Å². The van der Waals surface area contributed by atoms with Crippen LogP contribution in [-0.4, -0.2) is 30.7 Å². The minimum atomic E-state index is -4.41. The molecule has 0 aliphatic heterocycles. The lowest BCUT2D eigenvalue weighted by Crippen LogP contribution is -2.06. The normalized spacial score (nSPS) is 11.1. The topological polar surface area (TPSA) is 101 Å². The van der Waals surface area contributed by atoms with Crippen LogP contribution in [0.2, 0.25) is 0 Å². The Hall–Kier alpha value is -1.60. The van der Waals surface area contributed by atoms with Gasteiger partial charge in [-0.1, -0.05) is 0 Å². The predicted octanol–water partition coefficient (Wildman–Crippen LogP) is 1.03. The van der Waals surface area contributed by atoms with Crippen LogP contribution in [-0.2, 0) is 10.1 Å². The van der Waals surface area contributed by atoms with Gasteiger partial charge in [-0.2, -0.15) is 8.42 Å². The summed E-state index contributed by atoms with van der Waals surface area (Å²) in [6, 6.07) is 3.12. The molecule has 0 radical (unpaired) electrons. The molecule has 1 aromatic carbocycles. The van der Waals surface area contributed by atoms with Crippen molar-refractivity contribution in [2.45, 2.75) is 11.8 Å². The minimum absolute atomic E-state index is 0.0578. The van der Waals surface area contributed by atoms with E-state index in [0.717, 1.165) is 12.1 Å². The van der Waals surface area contributed by atoms with Gasteiger partial charge in [0.15, 0.2) is 0 Å². The molecule has 6 nitrogen and oxygen atoms in total. The van der Waals surface area contributed by atoms with Gasteiger partial charge in [-0.15, -0.1) is 0 Å². The van der Waals surface area contributed by atoms with E-state index in [1.54, 1.807) is 6.92 Å². The second kappa shape index (κ2) is 4.50. The lowest BCUT2D eigenvalue weighted by Gasteiger charge is -2.07. The molecular weight excluding hydrogens is 236 g/mol. The van der Waals surface area contributed by atoms with Crippen molar-refractivity contribution >= 4 is 16.1 Å². The van der Waals surface area contributed by atoms with E-state index in [0.29, 0.717) is 0 Å². The average molecular weight is 246 g/mol. The molecule has 0 saturated heterocycles. The summed E-state index contributed by atoms with van der Waals surface area (Å²) in [7, 11) is -4.41. The van der Waals surface area contributed by atoms with Gasteiger partial charge in [0.25, 0.3) is 10.1 Å². The maximum Gasteiger partial charge on any atom is 0.339 e. The predicted molar refractivity (Wildman–Crippen MR) is 54.4 cm³/mol. The highest BCUT2D eigenvalue weighted by Crippen LogP contribution is 2.22. The quantitative estimate of drug-likeness (QED) is 0.769. The first-order chi connectivity index (χ1) is 7.36. The summed E-state index contributed by atoms with van der Waals surface area (Å²) >= 11 is 0. The molecule has 1 rings (SSSR count). The smallest absolute Gasteiger partial charge is 0.339 e. The van der Waals surface area contributed by atoms with Crippen LogP contribution >= 0.6 is 0 Å². The van der Waals surface area contributed by atoms with Crippen LogP contribution in [0.25, 0.3) is 0 Å². The fourth-order valence-electron chi connectivity index (χ4n) is 1.12. The number of ether oxygens (including phenoxy) is 1. The zero-order chi connectivity index (χ0) is 12.3. The van der Waals surface area contributed by atoms with E-state index in [1.165, 1.54) is 6.07 Å². The number of carboxylic acid groups (broad SMARTS) is 1. The Labute approximate surface area is 92.2 Å². The molecule has 0 aliphatic carbocycles. The molecule has 0 fully saturated rings. The highest BCUT2D eigenvalue weighted by atomic mass is 32.2. The Morgan fingerprint density at radius 1 is 1.44 bits per heavy atom. The minimum Gasteiger partial charge on any atom is -0.493 e. The molecule has 0 amide bonds. The molecule has 0 aliphatic rings. The third-order valence-electron chi connectivity index (χ3n) is 1.78. The Morgan fingerprint density at radius 3 is 2.50 bits per heavy atom. The zero-order valence-electron chi connectivity index (χ0n) is 8.37. The number of carboxylic acids is 1. The lowest BCUT2D eigenvalue weighted by atomic mass is 10.2. The highest BCUT2D eigenvalue weighted by molar-refractivity contribution is 7.85. The van der Waals surface area contributed by atoms with Crippen LogP contribution in [0.5, 0.6) is 5.75 Å². The first-order valence-corrected chi connectivity index (χ1v) is 5.78. The molecule has 0 bridgehead atoms. The summed E-state index contributed by atoms with van der Waals surface area (Å²) in [5, 5.41) is 8.83. The van der Waals surface area contributed by atoms with Crippen molar-refractivity contribution < 1.29 is 27.6 Å². The molecule has 1 aromatic rings. The molecule has 0 atom stereocenters. The van der Waals surface area contributed by atoms with Crippen molar-refractivity contribution in [3.63, 3.8) is 0 Å². The molecule has 0 saturated carbocycles. The Kier molecular flexibility index (Phi) is 3.51. The van der Waals surface area contributed by atoms with Gasteiger partial charge in [-0.05, 0) is 25.1 Å². The summed E-state index contributed by atoms with van der Waals surface area (Å²) in [5.41, 5.74) is -0.308. The number of benzene rings is 1. The van der Waals surface area contributed by atoms with Crippen LogP contribution in [0.3, 0.4) is 0 Å². The van der Waals surface area contributed by atoms with Crippen LogP contribution in [0.1, 0.15) is 17.3 Å². The number of rotatable bonds is 4. The Morgan fingerprint density at radius 2 is 2.06 bits per heavy atom. The van der Waals surface area contributed by atoms with E-state index >= 15 is 0 Å². The van der Waals surface area contributed by atoms with Gasteiger partial charge in [0.1, 0.15) is 11.3 Å². The van der Waals surface area contributed by atoms with Gasteiger partial charge in [0.2, 0.25) is 0 Å². The Balaban J connectivity index is 3.34. The summed E-state index contributed by atoms with van der Waals surface area (Å²) in [6.45, 7) is 1.92. The van der Waals surface area contributed by atoms with Crippen molar-refractivity contribution in [3.05, 3.63) is 23.8 Å². The summed E-state index contributed by atoms with van der Waals surface area (Å²) < 4.78 is 35.4. The van der Waals surface area contributed by atoms with Gasteiger partial charge in [0.05, 0.1) is 11.5 Å². The fraction of sp³-hybridized carbons (Fsp3) is 0.222. The SMILES string of the molecule is CCOc1ccc(S(=O)(=O)O)cc1C(=O)O. The van der Waals surface area contributed by atoms with E-state index in [4.69, 9.17) is 14.4 Å². The maximum absolute atomic E-state index is 10.8. The summed E-state index contributed by atoms with van der Waals surface area (Å²) in [6.07, 6.45) is 0. The number of aromatic carboxylic acids is 1. The van der Waals surface area contributed by atoms with Crippen LogP contribution in [0.4, 0.5) is 0 Å². The molecule has 2 N–H and O–H groups in total. The summed E-state index contributed by atoms with van der Waals surface area (Å²) in [5.74, 6) is -1.27. The second-order valence-corrected chi connectivity index (χ2v) is 4.29. The molecular formula is C9H10O6S. The van der Waals surface area contributed by atoms with Crippen molar-refractivity contribution in [1.29, 1.82) is 0 Å². The maximum atomic E-state index is 10.8. The highest BCUT2D eigenvalue weighted by Gasteiger charge is 2.17. The largest absolute Gasteiger partial charge is 0.493 e. The lowest BCUT2D eigenvalue weighted by molar-refractivity contribution is 0.0692. The third kappa shape index (κ3) is 2.71. The summed E-state index contributed by atoms with van der Waals surface area (Å²) in [4.78, 5) is 10.3. The number of hydrogen-bond donors (Lipinski definition) is 2. The van der Waals surface area contributed by atoms with Gasteiger partial charge in [0, 0.05) is 0 Å². The van der Waals surface area contributed by atoms with Crippen LogP contribution < -0.4 is 4.74 Å². The van der Waals surface area contributed by atoms with E-state index in [1.807, 2.05) is 0 Å². The van der Waals surface area contributed by atoms with E-state index in [2.05, 4.69) is 0 Å².